The zero-order valence-corrected chi connectivity index (χ0v) is 14.9. The number of benzene rings is 2. The van der Waals surface area contributed by atoms with Crippen LogP contribution in [0.3, 0.4) is 0 Å². The van der Waals surface area contributed by atoms with E-state index in [0.717, 1.165) is 5.56 Å². The largest absolute Gasteiger partial charge is 0.493 e. The Kier molecular flexibility index (Phi) is 8.61. The van der Waals surface area contributed by atoms with E-state index in [-0.39, 0.29) is 24.8 Å². The highest BCUT2D eigenvalue weighted by atomic mass is 35.5. The number of halogens is 3. The Balaban J connectivity index is 0.00000288. The van der Waals surface area contributed by atoms with Crippen molar-refractivity contribution >= 4 is 24.0 Å². The first kappa shape index (κ1) is 20.3. The first-order valence-corrected chi connectivity index (χ1v) is 7.57. The molecule has 0 radical (unpaired) electrons. The minimum atomic E-state index is -0.312. The molecule has 0 aliphatic heterocycles. The van der Waals surface area contributed by atoms with Crippen molar-refractivity contribution in [2.24, 2.45) is 0 Å². The predicted molar refractivity (Wildman–Crippen MR) is 97.9 cm³/mol. The lowest BCUT2D eigenvalue weighted by Gasteiger charge is -2.14. The molecule has 130 valence electrons. The molecule has 0 saturated carbocycles. The highest BCUT2D eigenvalue weighted by molar-refractivity contribution is 6.32. The predicted octanol–water partition coefficient (Wildman–Crippen LogP) is 4.76. The molecule has 24 heavy (non-hydrogen) atoms. The first-order chi connectivity index (χ1) is 11.2. The van der Waals surface area contributed by atoms with E-state index in [2.05, 4.69) is 11.9 Å². The molecule has 0 atom stereocenters. The van der Waals surface area contributed by atoms with Crippen LogP contribution >= 0.6 is 24.0 Å². The summed E-state index contributed by atoms with van der Waals surface area (Å²) >= 11 is 6.29. The molecule has 1 N–H and O–H groups in total. The Bertz CT molecular complexity index is 680. The zero-order valence-electron chi connectivity index (χ0n) is 13.4. The maximum atomic E-state index is 13.7. The number of hydrogen-bond acceptors (Lipinski definition) is 3. The summed E-state index contributed by atoms with van der Waals surface area (Å²) in [7, 11) is 1.54. The standard InChI is InChI=1S/C18H19ClFNO2.ClH/c1-3-8-21-11-13-9-15(19)18(17(10-13)22-2)23-12-14-6-4-5-7-16(14)20;/h3-7,9-10,21H,1,8,11-12H2,2H3;1H. The second-order valence-electron chi connectivity index (χ2n) is 4.91. The quantitative estimate of drug-likeness (QED) is 0.535. The second-order valence-corrected chi connectivity index (χ2v) is 5.32. The van der Waals surface area contributed by atoms with Gasteiger partial charge in [0.25, 0.3) is 0 Å². The lowest BCUT2D eigenvalue weighted by molar-refractivity contribution is 0.279. The SMILES string of the molecule is C=CCNCc1cc(Cl)c(OCc2ccccc2F)c(OC)c1.Cl. The Hall–Kier alpha value is -1.75. The van der Waals surface area contributed by atoms with Crippen molar-refractivity contribution in [2.75, 3.05) is 13.7 Å². The lowest BCUT2D eigenvalue weighted by atomic mass is 10.2. The van der Waals surface area contributed by atoms with Crippen LogP contribution in [-0.2, 0) is 13.2 Å². The molecule has 0 bridgehead atoms. The Morgan fingerprint density at radius 2 is 2.04 bits per heavy atom. The van der Waals surface area contributed by atoms with Crippen molar-refractivity contribution in [1.82, 2.24) is 5.32 Å². The minimum Gasteiger partial charge on any atom is -0.493 e. The summed E-state index contributed by atoms with van der Waals surface area (Å²) in [5.41, 5.74) is 1.43. The number of hydrogen-bond donors (Lipinski definition) is 1. The lowest BCUT2D eigenvalue weighted by Crippen LogP contribution is -2.12. The average molecular weight is 372 g/mol. The summed E-state index contributed by atoms with van der Waals surface area (Å²) < 4.78 is 24.7. The van der Waals surface area contributed by atoms with E-state index in [1.807, 2.05) is 6.07 Å². The number of ether oxygens (including phenoxy) is 2. The summed E-state index contributed by atoms with van der Waals surface area (Å²) in [6.07, 6.45) is 1.78. The maximum Gasteiger partial charge on any atom is 0.180 e. The van der Waals surface area contributed by atoms with E-state index in [9.17, 15) is 4.39 Å². The minimum absolute atomic E-state index is 0. The average Bonchev–Trinajstić information content (AvgIpc) is 2.55. The topological polar surface area (TPSA) is 30.5 Å². The smallest absolute Gasteiger partial charge is 0.180 e. The van der Waals surface area contributed by atoms with E-state index in [1.54, 1.807) is 37.5 Å². The molecule has 0 amide bonds. The van der Waals surface area contributed by atoms with E-state index in [1.165, 1.54) is 6.07 Å². The van der Waals surface area contributed by atoms with Crippen LogP contribution in [0.5, 0.6) is 11.5 Å². The normalized spacial score (nSPS) is 9.96. The van der Waals surface area contributed by atoms with Crippen molar-refractivity contribution < 1.29 is 13.9 Å². The van der Waals surface area contributed by atoms with Crippen LogP contribution in [0.25, 0.3) is 0 Å². The third-order valence-corrected chi connectivity index (χ3v) is 3.52. The van der Waals surface area contributed by atoms with Gasteiger partial charge in [0.2, 0.25) is 0 Å². The molecular formula is C18H20Cl2FNO2. The van der Waals surface area contributed by atoms with Crippen molar-refractivity contribution in [3.8, 4) is 11.5 Å². The van der Waals surface area contributed by atoms with Gasteiger partial charge in [-0.25, -0.2) is 4.39 Å². The molecule has 0 aliphatic carbocycles. The molecule has 6 heteroatoms. The summed E-state index contributed by atoms with van der Waals surface area (Å²) in [5.74, 6) is 0.613. The summed E-state index contributed by atoms with van der Waals surface area (Å²) in [6.45, 7) is 5.07. The van der Waals surface area contributed by atoms with Crippen LogP contribution in [0.4, 0.5) is 4.39 Å². The second kappa shape index (κ2) is 10.2. The fourth-order valence-corrected chi connectivity index (χ4v) is 2.39. The van der Waals surface area contributed by atoms with Crippen LogP contribution in [0.2, 0.25) is 5.02 Å². The number of rotatable bonds is 8. The van der Waals surface area contributed by atoms with Crippen LogP contribution in [-0.4, -0.2) is 13.7 Å². The molecule has 0 aromatic heterocycles. The highest BCUT2D eigenvalue weighted by Crippen LogP contribution is 2.37. The monoisotopic (exact) mass is 371 g/mol. The molecule has 2 rings (SSSR count). The van der Waals surface area contributed by atoms with Crippen molar-refractivity contribution in [1.29, 1.82) is 0 Å². The van der Waals surface area contributed by atoms with Gasteiger partial charge in [-0.05, 0) is 23.8 Å². The highest BCUT2D eigenvalue weighted by Gasteiger charge is 2.13. The van der Waals surface area contributed by atoms with E-state index in [4.69, 9.17) is 21.1 Å². The van der Waals surface area contributed by atoms with Gasteiger partial charge in [-0.2, -0.15) is 0 Å². The molecular weight excluding hydrogens is 352 g/mol. The number of methoxy groups -OCH3 is 1. The van der Waals surface area contributed by atoms with Gasteiger partial charge in [0.15, 0.2) is 11.5 Å². The van der Waals surface area contributed by atoms with Gasteiger partial charge < -0.3 is 14.8 Å². The summed E-state index contributed by atoms with van der Waals surface area (Å²) in [4.78, 5) is 0. The van der Waals surface area contributed by atoms with Gasteiger partial charge in [-0.15, -0.1) is 19.0 Å². The van der Waals surface area contributed by atoms with E-state index >= 15 is 0 Å². The van der Waals surface area contributed by atoms with Crippen molar-refractivity contribution in [2.45, 2.75) is 13.2 Å². The van der Waals surface area contributed by atoms with Crippen molar-refractivity contribution in [3.63, 3.8) is 0 Å². The third kappa shape index (κ3) is 5.41. The van der Waals surface area contributed by atoms with Gasteiger partial charge in [-0.1, -0.05) is 35.9 Å². The maximum absolute atomic E-state index is 13.7. The van der Waals surface area contributed by atoms with Crippen molar-refractivity contribution in [3.05, 3.63) is 71.0 Å². The zero-order chi connectivity index (χ0) is 16.7. The Labute approximate surface area is 152 Å². The van der Waals surface area contributed by atoms with Crippen LogP contribution < -0.4 is 14.8 Å². The molecule has 0 saturated heterocycles. The fourth-order valence-electron chi connectivity index (χ4n) is 2.10. The van der Waals surface area contributed by atoms with Crippen LogP contribution in [0.1, 0.15) is 11.1 Å². The summed E-state index contributed by atoms with van der Waals surface area (Å²) in [5, 5.41) is 3.62. The third-order valence-electron chi connectivity index (χ3n) is 3.24. The van der Waals surface area contributed by atoms with Gasteiger partial charge in [0.05, 0.1) is 12.1 Å². The molecule has 2 aromatic carbocycles. The molecule has 0 fully saturated rings. The Morgan fingerprint density at radius 1 is 1.29 bits per heavy atom. The fraction of sp³-hybridized carbons (Fsp3) is 0.222. The molecule has 0 unspecified atom stereocenters. The van der Waals surface area contributed by atoms with Gasteiger partial charge in [0, 0.05) is 18.7 Å². The van der Waals surface area contributed by atoms with Crippen LogP contribution in [0, 0.1) is 5.82 Å². The van der Waals surface area contributed by atoms with E-state index in [0.29, 0.717) is 35.2 Å². The Morgan fingerprint density at radius 3 is 2.71 bits per heavy atom. The molecule has 2 aromatic rings. The van der Waals surface area contributed by atoms with Gasteiger partial charge >= 0.3 is 0 Å². The van der Waals surface area contributed by atoms with Crippen LogP contribution in [0.15, 0.2) is 49.1 Å². The molecule has 0 heterocycles. The van der Waals surface area contributed by atoms with Gasteiger partial charge in [0.1, 0.15) is 12.4 Å². The molecule has 0 aliphatic rings. The summed E-state index contributed by atoms with van der Waals surface area (Å²) in [6, 6.07) is 10.1. The number of nitrogens with one attached hydrogen (secondary N) is 1. The van der Waals surface area contributed by atoms with Gasteiger partial charge in [-0.3, -0.25) is 0 Å². The molecule has 0 spiro atoms. The first-order valence-electron chi connectivity index (χ1n) is 7.20. The molecule has 3 nitrogen and oxygen atoms in total. The van der Waals surface area contributed by atoms with E-state index < -0.39 is 0 Å².